The number of likely N-dealkylation sites (N-methyl/N-ethyl adjacent to an activating group) is 1. The van der Waals surface area contributed by atoms with Crippen molar-refractivity contribution in [3.63, 3.8) is 0 Å². The Morgan fingerprint density at radius 3 is 2.73 bits per heavy atom. The van der Waals surface area contributed by atoms with Crippen LogP contribution in [0.15, 0.2) is 24.3 Å². The Labute approximate surface area is 94.8 Å². The number of hydrogen-bond donors (Lipinski definition) is 1. The van der Waals surface area contributed by atoms with Crippen LogP contribution in [0.5, 0.6) is 0 Å². The van der Waals surface area contributed by atoms with Gasteiger partial charge in [-0.15, -0.1) is 0 Å². The summed E-state index contributed by atoms with van der Waals surface area (Å²) in [4.78, 5) is 13.4. The molecule has 0 aliphatic rings. The van der Waals surface area contributed by atoms with Gasteiger partial charge in [-0.2, -0.15) is 0 Å². The van der Waals surface area contributed by atoms with Crippen molar-refractivity contribution in [2.45, 2.75) is 19.9 Å². The van der Waals surface area contributed by atoms with Crippen LogP contribution in [0.3, 0.4) is 0 Å². The van der Waals surface area contributed by atoms with Crippen molar-refractivity contribution >= 4 is 23.2 Å². The number of halogens is 1. The molecule has 0 fully saturated rings. The lowest BCUT2D eigenvalue weighted by Crippen LogP contribution is -2.42. The number of hydrogen-bond acceptors (Lipinski definition) is 2. The maximum atomic E-state index is 11.7. The average Bonchev–Trinajstić information content (AvgIpc) is 2.18. The molecule has 0 aliphatic carbocycles. The van der Waals surface area contributed by atoms with E-state index >= 15 is 0 Å². The standard InChI is InChI=1S/C11H15ClN2O/c1-3-14(11(15)8(2)13)10-6-4-5-9(12)7-10/h4-8H,3,13H2,1-2H3/t8-/m0/s1. The third kappa shape index (κ3) is 2.94. The third-order valence-corrected chi connectivity index (χ3v) is 2.33. The highest BCUT2D eigenvalue weighted by Crippen LogP contribution is 2.19. The van der Waals surface area contributed by atoms with E-state index in [4.69, 9.17) is 17.3 Å². The summed E-state index contributed by atoms with van der Waals surface area (Å²) in [5.41, 5.74) is 6.35. The van der Waals surface area contributed by atoms with Gasteiger partial charge in [0.25, 0.3) is 0 Å². The Morgan fingerprint density at radius 1 is 1.60 bits per heavy atom. The van der Waals surface area contributed by atoms with E-state index in [0.29, 0.717) is 11.6 Å². The van der Waals surface area contributed by atoms with E-state index in [0.717, 1.165) is 5.69 Å². The lowest BCUT2D eigenvalue weighted by atomic mass is 10.2. The molecule has 0 heterocycles. The summed E-state index contributed by atoms with van der Waals surface area (Å²) in [5, 5.41) is 0.614. The highest BCUT2D eigenvalue weighted by Gasteiger charge is 2.17. The van der Waals surface area contributed by atoms with Gasteiger partial charge < -0.3 is 10.6 Å². The molecule has 0 radical (unpaired) electrons. The van der Waals surface area contributed by atoms with Crippen LogP contribution in [0.1, 0.15) is 13.8 Å². The normalized spacial score (nSPS) is 12.3. The summed E-state index contributed by atoms with van der Waals surface area (Å²) in [6.07, 6.45) is 0. The summed E-state index contributed by atoms with van der Waals surface area (Å²) >= 11 is 5.86. The van der Waals surface area contributed by atoms with Crippen LogP contribution in [0, 0.1) is 0 Å². The molecule has 3 nitrogen and oxygen atoms in total. The van der Waals surface area contributed by atoms with Crippen molar-refractivity contribution in [1.82, 2.24) is 0 Å². The number of nitrogens with zero attached hydrogens (tertiary/aromatic N) is 1. The van der Waals surface area contributed by atoms with Crippen molar-refractivity contribution in [2.75, 3.05) is 11.4 Å². The first kappa shape index (κ1) is 12.0. The lowest BCUT2D eigenvalue weighted by Gasteiger charge is -2.23. The molecule has 82 valence electrons. The molecule has 0 spiro atoms. The predicted molar refractivity (Wildman–Crippen MR) is 63.1 cm³/mol. The minimum absolute atomic E-state index is 0.0974. The van der Waals surface area contributed by atoms with Gasteiger partial charge in [-0.25, -0.2) is 0 Å². The highest BCUT2D eigenvalue weighted by molar-refractivity contribution is 6.30. The van der Waals surface area contributed by atoms with Gasteiger partial charge >= 0.3 is 0 Å². The molecule has 4 heteroatoms. The third-order valence-electron chi connectivity index (χ3n) is 2.09. The Balaban J connectivity index is 2.97. The Morgan fingerprint density at radius 2 is 2.27 bits per heavy atom. The van der Waals surface area contributed by atoms with Gasteiger partial charge in [0.2, 0.25) is 5.91 Å². The fourth-order valence-corrected chi connectivity index (χ4v) is 1.54. The van der Waals surface area contributed by atoms with Crippen molar-refractivity contribution < 1.29 is 4.79 Å². The minimum Gasteiger partial charge on any atom is -0.320 e. The predicted octanol–water partition coefficient (Wildman–Crippen LogP) is 2.04. The largest absolute Gasteiger partial charge is 0.320 e. The van der Waals surface area contributed by atoms with Gasteiger partial charge in [0.05, 0.1) is 6.04 Å². The van der Waals surface area contributed by atoms with Gasteiger partial charge in [0.15, 0.2) is 0 Å². The molecule has 1 amide bonds. The van der Waals surface area contributed by atoms with Crippen LogP contribution in [0.25, 0.3) is 0 Å². The molecular weight excluding hydrogens is 212 g/mol. The second-order valence-electron chi connectivity index (χ2n) is 3.35. The Hall–Kier alpha value is -1.06. The van der Waals surface area contributed by atoms with E-state index in [1.54, 1.807) is 24.0 Å². The Kier molecular flexibility index (Phi) is 4.12. The van der Waals surface area contributed by atoms with Gasteiger partial charge in [-0.05, 0) is 32.0 Å². The minimum atomic E-state index is -0.496. The van der Waals surface area contributed by atoms with Gasteiger partial charge in [-0.1, -0.05) is 17.7 Å². The van der Waals surface area contributed by atoms with Crippen molar-refractivity contribution in [1.29, 1.82) is 0 Å². The number of rotatable bonds is 3. The molecule has 1 aromatic carbocycles. The molecule has 0 unspecified atom stereocenters. The second-order valence-corrected chi connectivity index (χ2v) is 3.79. The molecule has 1 aromatic rings. The van der Waals surface area contributed by atoms with E-state index < -0.39 is 6.04 Å². The molecule has 2 N–H and O–H groups in total. The first-order valence-electron chi connectivity index (χ1n) is 4.88. The SMILES string of the molecule is CCN(C(=O)[C@H](C)N)c1cccc(Cl)c1. The second kappa shape index (κ2) is 5.14. The summed E-state index contributed by atoms with van der Waals surface area (Å²) in [6, 6.07) is 6.69. The van der Waals surface area contributed by atoms with Crippen molar-refractivity contribution in [2.24, 2.45) is 5.73 Å². The molecule has 1 atom stereocenters. The number of anilines is 1. The van der Waals surface area contributed by atoms with E-state index in [9.17, 15) is 4.79 Å². The zero-order chi connectivity index (χ0) is 11.4. The number of carbonyl (C=O) groups excluding carboxylic acids is 1. The fraction of sp³-hybridized carbons (Fsp3) is 0.364. The molecule has 0 saturated carbocycles. The van der Waals surface area contributed by atoms with Crippen molar-refractivity contribution in [3.05, 3.63) is 29.3 Å². The van der Waals surface area contributed by atoms with Crippen LogP contribution in [-0.2, 0) is 4.79 Å². The zero-order valence-electron chi connectivity index (χ0n) is 8.90. The molecule has 0 aliphatic heterocycles. The molecule has 0 saturated heterocycles. The Bertz CT molecular complexity index is 352. The van der Waals surface area contributed by atoms with Crippen LogP contribution >= 0.6 is 11.6 Å². The smallest absolute Gasteiger partial charge is 0.243 e. The average molecular weight is 227 g/mol. The number of carbonyl (C=O) groups is 1. The number of nitrogens with two attached hydrogens (primary N) is 1. The lowest BCUT2D eigenvalue weighted by molar-refractivity contribution is -0.119. The summed E-state index contributed by atoms with van der Waals surface area (Å²) < 4.78 is 0. The van der Waals surface area contributed by atoms with Crippen LogP contribution in [-0.4, -0.2) is 18.5 Å². The van der Waals surface area contributed by atoms with Crippen LogP contribution in [0.4, 0.5) is 5.69 Å². The maximum absolute atomic E-state index is 11.7. The van der Waals surface area contributed by atoms with Crippen molar-refractivity contribution in [3.8, 4) is 0 Å². The topological polar surface area (TPSA) is 46.3 Å². The first-order valence-corrected chi connectivity index (χ1v) is 5.26. The first-order chi connectivity index (χ1) is 7.06. The van der Waals surface area contributed by atoms with E-state index in [2.05, 4.69) is 0 Å². The van der Waals surface area contributed by atoms with E-state index in [-0.39, 0.29) is 5.91 Å². The summed E-state index contributed by atoms with van der Waals surface area (Å²) in [7, 11) is 0. The zero-order valence-corrected chi connectivity index (χ0v) is 9.66. The number of amides is 1. The fourth-order valence-electron chi connectivity index (χ4n) is 1.36. The monoisotopic (exact) mass is 226 g/mol. The van der Waals surface area contributed by atoms with E-state index in [1.807, 2.05) is 19.1 Å². The van der Waals surface area contributed by atoms with Gasteiger partial charge in [-0.3, -0.25) is 4.79 Å². The van der Waals surface area contributed by atoms with Gasteiger partial charge in [0.1, 0.15) is 0 Å². The highest BCUT2D eigenvalue weighted by atomic mass is 35.5. The molecular formula is C11H15ClN2O. The molecule has 1 rings (SSSR count). The number of benzene rings is 1. The van der Waals surface area contributed by atoms with Crippen LogP contribution in [0.2, 0.25) is 5.02 Å². The maximum Gasteiger partial charge on any atom is 0.243 e. The summed E-state index contributed by atoms with van der Waals surface area (Å²) in [5.74, 6) is -0.0974. The van der Waals surface area contributed by atoms with Crippen LogP contribution < -0.4 is 10.6 Å². The quantitative estimate of drug-likeness (QED) is 0.858. The summed E-state index contributed by atoms with van der Waals surface area (Å²) in [6.45, 7) is 4.16. The molecule has 15 heavy (non-hydrogen) atoms. The van der Waals surface area contributed by atoms with Gasteiger partial charge in [0, 0.05) is 17.3 Å². The van der Waals surface area contributed by atoms with E-state index in [1.165, 1.54) is 0 Å². The molecule has 0 bridgehead atoms. The molecule has 0 aromatic heterocycles.